The first-order valence-corrected chi connectivity index (χ1v) is 6.85. The molecule has 20 heavy (non-hydrogen) atoms. The molecular weight excluding hydrogens is 256 g/mol. The maximum Gasteiger partial charge on any atom is 0.340 e. The number of ether oxygens (including phenoxy) is 1. The maximum atomic E-state index is 11.7. The van der Waals surface area contributed by atoms with Crippen LogP contribution in [0.15, 0.2) is 12.3 Å². The fourth-order valence-electron chi connectivity index (χ4n) is 1.72. The first-order chi connectivity index (χ1) is 9.54. The monoisotopic (exact) mass is 280 g/mol. The number of nitrogens with one attached hydrogen (secondary N) is 1. The Balaban J connectivity index is 2.50. The van der Waals surface area contributed by atoms with E-state index in [4.69, 9.17) is 10.5 Å². The van der Waals surface area contributed by atoms with Gasteiger partial charge in [-0.2, -0.15) is 0 Å². The Morgan fingerprint density at radius 3 is 2.85 bits per heavy atom. The highest BCUT2D eigenvalue weighted by molar-refractivity contribution is 5.95. The minimum absolute atomic E-state index is 0.327. The zero-order valence-corrected chi connectivity index (χ0v) is 12.5. The number of rotatable bonds is 8. The lowest BCUT2D eigenvalue weighted by Crippen LogP contribution is -2.14. The number of aromatic nitrogens is 1. The number of nitrogens with zero attached hydrogens (tertiary/aromatic N) is 2. The lowest BCUT2D eigenvalue weighted by molar-refractivity contribution is 0.0527. The van der Waals surface area contributed by atoms with E-state index in [0.29, 0.717) is 23.7 Å². The molecule has 1 rings (SSSR count). The molecule has 3 N–H and O–H groups in total. The van der Waals surface area contributed by atoms with Crippen LogP contribution in [0.25, 0.3) is 0 Å². The van der Waals surface area contributed by atoms with Crippen molar-refractivity contribution >= 4 is 17.5 Å². The molecule has 0 aliphatic rings. The van der Waals surface area contributed by atoms with Gasteiger partial charge < -0.3 is 20.7 Å². The minimum Gasteiger partial charge on any atom is -0.462 e. The van der Waals surface area contributed by atoms with Crippen molar-refractivity contribution in [3.8, 4) is 0 Å². The minimum atomic E-state index is -0.414. The van der Waals surface area contributed by atoms with E-state index in [-0.39, 0.29) is 0 Å². The lowest BCUT2D eigenvalue weighted by atomic mass is 10.2. The molecule has 6 heteroatoms. The first-order valence-electron chi connectivity index (χ1n) is 6.85. The fourth-order valence-corrected chi connectivity index (χ4v) is 1.72. The highest BCUT2D eigenvalue weighted by Gasteiger charge is 2.12. The molecule has 0 atom stereocenters. The van der Waals surface area contributed by atoms with E-state index in [0.717, 1.165) is 25.9 Å². The number of hydrogen-bond acceptors (Lipinski definition) is 6. The second-order valence-electron chi connectivity index (χ2n) is 4.81. The Labute approximate surface area is 120 Å². The van der Waals surface area contributed by atoms with Crippen LogP contribution in [0.4, 0.5) is 11.5 Å². The summed E-state index contributed by atoms with van der Waals surface area (Å²) in [5.74, 6) is 0.232. The predicted molar refractivity (Wildman–Crippen MR) is 80.9 cm³/mol. The van der Waals surface area contributed by atoms with Crippen LogP contribution in [0.5, 0.6) is 0 Å². The lowest BCUT2D eigenvalue weighted by Gasteiger charge is -2.11. The molecule has 0 amide bonds. The number of esters is 1. The molecule has 112 valence electrons. The van der Waals surface area contributed by atoms with Crippen LogP contribution in [0.2, 0.25) is 0 Å². The zero-order valence-electron chi connectivity index (χ0n) is 12.5. The second kappa shape index (κ2) is 8.37. The summed E-state index contributed by atoms with van der Waals surface area (Å²) in [6, 6.07) is 1.64. The number of pyridine rings is 1. The molecule has 0 aliphatic heterocycles. The van der Waals surface area contributed by atoms with Crippen molar-refractivity contribution < 1.29 is 9.53 Å². The smallest absolute Gasteiger partial charge is 0.340 e. The Bertz CT molecular complexity index is 435. The molecule has 6 nitrogen and oxygen atoms in total. The SMILES string of the molecule is CCOC(=O)c1cc(NCCCCN(C)C)ncc1N. The summed E-state index contributed by atoms with van der Waals surface area (Å²) in [6.45, 7) is 3.96. The van der Waals surface area contributed by atoms with Crippen LogP contribution in [0, 0.1) is 0 Å². The quantitative estimate of drug-likeness (QED) is 0.556. The topological polar surface area (TPSA) is 80.5 Å². The van der Waals surface area contributed by atoms with Gasteiger partial charge in [-0.15, -0.1) is 0 Å². The summed E-state index contributed by atoms with van der Waals surface area (Å²) in [7, 11) is 4.11. The molecule has 0 spiro atoms. The van der Waals surface area contributed by atoms with Gasteiger partial charge >= 0.3 is 5.97 Å². The molecule has 0 bridgehead atoms. The Morgan fingerprint density at radius 2 is 2.20 bits per heavy atom. The van der Waals surface area contributed by atoms with Crippen LogP contribution in [-0.2, 0) is 4.74 Å². The van der Waals surface area contributed by atoms with Gasteiger partial charge in [0.05, 0.1) is 24.1 Å². The summed E-state index contributed by atoms with van der Waals surface area (Å²) in [5.41, 5.74) is 6.43. The van der Waals surface area contributed by atoms with Crippen molar-refractivity contribution in [1.29, 1.82) is 0 Å². The van der Waals surface area contributed by atoms with Gasteiger partial charge in [-0.1, -0.05) is 0 Å². The molecule has 0 saturated carbocycles. The zero-order chi connectivity index (χ0) is 15.0. The van der Waals surface area contributed by atoms with E-state index in [2.05, 4.69) is 29.3 Å². The molecule has 1 aromatic rings. The van der Waals surface area contributed by atoms with Gasteiger partial charge in [0.2, 0.25) is 0 Å². The van der Waals surface area contributed by atoms with Gasteiger partial charge in [-0.3, -0.25) is 0 Å². The Morgan fingerprint density at radius 1 is 1.45 bits per heavy atom. The van der Waals surface area contributed by atoms with Crippen LogP contribution >= 0.6 is 0 Å². The third-order valence-electron chi connectivity index (χ3n) is 2.77. The number of hydrogen-bond donors (Lipinski definition) is 2. The van der Waals surface area contributed by atoms with Crippen molar-refractivity contribution in [1.82, 2.24) is 9.88 Å². The summed E-state index contributed by atoms with van der Waals surface area (Å²) < 4.78 is 4.95. The van der Waals surface area contributed by atoms with Crippen molar-refractivity contribution in [2.24, 2.45) is 0 Å². The Hall–Kier alpha value is -1.82. The third-order valence-corrected chi connectivity index (χ3v) is 2.77. The highest BCUT2D eigenvalue weighted by Crippen LogP contribution is 2.16. The summed E-state index contributed by atoms with van der Waals surface area (Å²) in [4.78, 5) is 18.0. The molecule has 0 radical (unpaired) electrons. The molecule has 1 aromatic heterocycles. The van der Waals surface area contributed by atoms with Crippen molar-refractivity contribution in [2.75, 3.05) is 44.8 Å². The molecule has 0 saturated heterocycles. The number of nitrogen functional groups attached to an aromatic ring is 1. The molecular formula is C14H24N4O2. The van der Waals surface area contributed by atoms with Crippen LogP contribution in [0.1, 0.15) is 30.1 Å². The molecule has 0 fully saturated rings. The largest absolute Gasteiger partial charge is 0.462 e. The predicted octanol–water partition coefficient (Wildman–Crippen LogP) is 1.59. The normalized spacial score (nSPS) is 10.6. The van der Waals surface area contributed by atoms with Gasteiger partial charge in [0.25, 0.3) is 0 Å². The van der Waals surface area contributed by atoms with Gasteiger partial charge in [0.1, 0.15) is 5.82 Å². The van der Waals surface area contributed by atoms with Crippen LogP contribution in [-0.4, -0.2) is 49.6 Å². The van der Waals surface area contributed by atoms with E-state index < -0.39 is 5.97 Å². The van der Waals surface area contributed by atoms with E-state index in [9.17, 15) is 4.79 Å². The summed E-state index contributed by atoms with van der Waals surface area (Å²) in [6.07, 6.45) is 3.63. The van der Waals surface area contributed by atoms with E-state index in [1.165, 1.54) is 6.20 Å². The van der Waals surface area contributed by atoms with Crippen molar-refractivity contribution in [3.05, 3.63) is 17.8 Å². The molecule has 0 aromatic carbocycles. The fraction of sp³-hybridized carbons (Fsp3) is 0.571. The van der Waals surface area contributed by atoms with E-state index in [1.54, 1.807) is 13.0 Å². The third kappa shape index (κ3) is 5.44. The van der Waals surface area contributed by atoms with Gasteiger partial charge in [-0.25, -0.2) is 9.78 Å². The number of carbonyl (C=O) groups excluding carboxylic acids is 1. The first kappa shape index (κ1) is 16.2. The summed E-state index contributed by atoms with van der Waals surface area (Å²) in [5, 5.41) is 3.19. The Kier molecular flexibility index (Phi) is 6.79. The van der Waals surface area contributed by atoms with Crippen LogP contribution in [0.3, 0.4) is 0 Å². The number of carbonyl (C=O) groups is 1. The number of anilines is 2. The van der Waals surface area contributed by atoms with Gasteiger partial charge in [0.15, 0.2) is 0 Å². The van der Waals surface area contributed by atoms with Crippen LogP contribution < -0.4 is 11.1 Å². The average molecular weight is 280 g/mol. The van der Waals surface area contributed by atoms with Crippen molar-refractivity contribution in [2.45, 2.75) is 19.8 Å². The highest BCUT2D eigenvalue weighted by atomic mass is 16.5. The van der Waals surface area contributed by atoms with Gasteiger partial charge in [-0.05, 0) is 46.5 Å². The maximum absolute atomic E-state index is 11.7. The second-order valence-corrected chi connectivity index (χ2v) is 4.81. The van der Waals surface area contributed by atoms with E-state index in [1.807, 2.05) is 0 Å². The van der Waals surface area contributed by atoms with E-state index >= 15 is 0 Å². The number of nitrogens with two attached hydrogens (primary N) is 1. The number of unbranched alkanes of at least 4 members (excludes halogenated alkanes) is 1. The standard InChI is InChI=1S/C14H24N4O2/c1-4-20-14(19)11-9-13(17-10-12(11)15)16-7-5-6-8-18(2)3/h9-10H,4-8,15H2,1-3H3,(H,16,17). The average Bonchev–Trinajstić information content (AvgIpc) is 2.40. The van der Waals surface area contributed by atoms with Crippen molar-refractivity contribution in [3.63, 3.8) is 0 Å². The molecule has 1 heterocycles. The molecule has 0 aliphatic carbocycles. The molecule has 0 unspecified atom stereocenters. The van der Waals surface area contributed by atoms with Gasteiger partial charge in [0, 0.05) is 6.54 Å². The summed E-state index contributed by atoms with van der Waals surface area (Å²) >= 11 is 0.